The Balaban J connectivity index is 1.46. The molecule has 5 heteroatoms. The minimum absolute atomic E-state index is 0.0741. The van der Waals surface area contributed by atoms with Crippen molar-refractivity contribution in [3.63, 3.8) is 0 Å². The highest BCUT2D eigenvalue weighted by molar-refractivity contribution is 6.31. The number of benzene rings is 2. The maximum Gasteiger partial charge on any atom is 0.223 e. The molecule has 1 fully saturated rings. The van der Waals surface area contributed by atoms with Crippen LogP contribution >= 0.6 is 23.2 Å². The molecule has 3 nitrogen and oxygen atoms in total. The Bertz CT molecular complexity index is 727. The van der Waals surface area contributed by atoms with Gasteiger partial charge >= 0.3 is 0 Å². The molecular weight excluding hydrogens is 355 g/mol. The number of hydrogen-bond acceptors (Lipinski definition) is 2. The molecule has 0 unspecified atom stereocenters. The topological polar surface area (TPSA) is 32.3 Å². The first kappa shape index (κ1) is 18.2. The normalized spacial score (nSPS) is 15.9. The Hall–Kier alpha value is -1.55. The SMILES string of the molecule is O=C(NCc1ccccc1Cl)C1CCN(Cc2ccccc2Cl)CC1. The second-order valence-electron chi connectivity index (χ2n) is 6.45. The molecule has 0 bridgehead atoms. The minimum Gasteiger partial charge on any atom is -0.352 e. The fourth-order valence-corrected chi connectivity index (χ4v) is 3.59. The van der Waals surface area contributed by atoms with E-state index in [0.717, 1.165) is 48.6 Å². The average molecular weight is 377 g/mol. The number of carbonyl (C=O) groups is 1. The van der Waals surface area contributed by atoms with Gasteiger partial charge in [0, 0.05) is 29.1 Å². The number of nitrogens with one attached hydrogen (secondary N) is 1. The first-order chi connectivity index (χ1) is 12.1. The summed E-state index contributed by atoms with van der Waals surface area (Å²) >= 11 is 12.4. The van der Waals surface area contributed by atoms with Crippen LogP contribution in [0.25, 0.3) is 0 Å². The smallest absolute Gasteiger partial charge is 0.223 e. The van der Waals surface area contributed by atoms with Crippen LogP contribution in [0.15, 0.2) is 48.5 Å². The van der Waals surface area contributed by atoms with Gasteiger partial charge in [-0.1, -0.05) is 59.6 Å². The van der Waals surface area contributed by atoms with Gasteiger partial charge in [0.05, 0.1) is 0 Å². The van der Waals surface area contributed by atoms with E-state index < -0.39 is 0 Å². The van der Waals surface area contributed by atoms with Crippen molar-refractivity contribution in [3.8, 4) is 0 Å². The van der Waals surface area contributed by atoms with Gasteiger partial charge in [-0.15, -0.1) is 0 Å². The lowest BCUT2D eigenvalue weighted by Crippen LogP contribution is -2.40. The Morgan fingerprint density at radius 1 is 0.960 bits per heavy atom. The van der Waals surface area contributed by atoms with E-state index in [0.29, 0.717) is 11.6 Å². The molecule has 2 aromatic rings. The van der Waals surface area contributed by atoms with Crippen molar-refractivity contribution in [3.05, 3.63) is 69.7 Å². The third-order valence-corrected chi connectivity index (χ3v) is 5.46. The quantitative estimate of drug-likeness (QED) is 0.831. The Kier molecular flexibility index (Phi) is 6.35. The number of likely N-dealkylation sites (tertiary alicyclic amines) is 1. The molecule has 0 atom stereocenters. The maximum atomic E-state index is 12.4. The van der Waals surface area contributed by atoms with Crippen molar-refractivity contribution in [1.82, 2.24) is 10.2 Å². The van der Waals surface area contributed by atoms with Gasteiger partial charge in [0.1, 0.15) is 0 Å². The number of nitrogens with zero attached hydrogens (tertiary/aromatic N) is 1. The van der Waals surface area contributed by atoms with Crippen LogP contribution in [0.5, 0.6) is 0 Å². The molecule has 1 aliphatic rings. The Morgan fingerprint density at radius 2 is 1.52 bits per heavy atom. The number of hydrogen-bond donors (Lipinski definition) is 1. The van der Waals surface area contributed by atoms with E-state index in [1.165, 1.54) is 0 Å². The first-order valence-corrected chi connectivity index (χ1v) is 9.36. The Labute approximate surface area is 158 Å². The molecule has 0 aliphatic carbocycles. The highest BCUT2D eigenvalue weighted by Gasteiger charge is 2.25. The van der Waals surface area contributed by atoms with Gasteiger partial charge in [0.2, 0.25) is 5.91 Å². The highest BCUT2D eigenvalue weighted by Crippen LogP contribution is 2.22. The maximum absolute atomic E-state index is 12.4. The number of halogens is 2. The molecule has 1 saturated heterocycles. The molecule has 0 radical (unpaired) electrons. The van der Waals surface area contributed by atoms with E-state index in [9.17, 15) is 4.79 Å². The predicted molar refractivity (Wildman–Crippen MR) is 103 cm³/mol. The monoisotopic (exact) mass is 376 g/mol. The van der Waals surface area contributed by atoms with Gasteiger partial charge in [0.25, 0.3) is 0 Å². The lowest BCUT2D eigenvalue weighted by atomic mass is 9.95. The van der Waals surface area contributed by atoms with E-state index in [-0.39, 0.29) is 11.8 Å². The minimum atomic E-state index is 0.0741. The molecular formula is C20H22Cl2N2O. The summed E-state index contributed by atoms with van der Waals surface area (Å²) in [6.45, 7) is 3.15. The summed E-state index contributed by atoms with van der Waals surface area (Å²) in [4.78, 5) is 14.8. The lowest BCUT2D eigenvalue weighted by Gasteiger charge is -2.31. The molecule has 132 valence electrons. The van der Waals surface area contributed by atoms with Crippen molar-refractivity contribution < 1.29 is 4.79 Å². The van der Waals surface area contributed by atoms with Crippen LogP contribution in [-0.4, -0.2) is 23.9 Å². The molecule has 2 aromatic carbocycles. The van der Waals surface area contributed by atoms with Gasteiger partial charge < -0.3 is 5.32 Å². The largest absolute Gasteiger partial charge is 0.352 e. The van der Waals surface area contributed by atoms with Gasteiger partial charge in [-0.3, -0.25) is 9.69 Å². The van der Waals surface area contributed by atoms with Crippen LogP contribution < -0.4 is 5.32 Å². The van der Waals surface area contributed by atoms with Crippen LogP contribution in [0.3, 0.4) is 0 Å². The average Bonchev–Trinajstić information content (AvgIpc) is 2.63. The molecule has 1 amide bonds. The van der Waals surface area contributed by atoms with Gasteiger partial charge in [-0.05, 0) is 49.2 Å². The predicted octanol–water partition coefficient (Wildman–Crippen LogP) is 4.52. The van der Waals surface area contributed by atoms with E-state index in [1.807, 2.05) is 42.5 Å². The van der Waals surface area contributed by atoms with Crippen molar-refractivity contribution >= 4 is 29.1 Å². The van der Waals surface area contributed by atoms with Crippen LogP contribution in [0.1, 0.15) is 24.0 Å². The van der Waals surface area contributed by atoms with Crippen molar-refractivity contribution in [2.24, 2.45) is 5.92 Å². The molecule has 3 rings (SSSR count). The second-order valence-corrected chi connectivity index (χ2v) is 7.27. The number of carbonyl (C=O) groups excluding carboxylic acids is 1. The lowest BCUT2D eigenvalue weighted by molar-refractivity contribution is -0.126. The summed E-state index contributed by atoms with van der Waals surface area (Å²) in [6.07, 6.45) is 1.75. The van der Waals surface area contributed by atoms with Crippen LogP contribution in [0, 0.1) is 5.92 Å². The van der Waals surface area contributed by atoms with Crippen molar-refractivity contribution in [2.45, 2.75) is 25.9 Å². The summed E-state index contributed by atoms with van der Waals surface area (Å²) in [5, 5.41) is 4.52. The summed E-state index contributed by atoms with van der Waals surface area (Å²) in [7, 11) is 0. The zero-order valence-electron chi connectivity index (χ0n) is 14.1. The van der Waals surface area contributed by atoms with Crippen LogP contribution in [-0.2, 0) is 17.9 Å². The second kappa shape index (κ2) is 8.70. The van der Waals surface area contributed by atoms with Crippen molar-refractivity contribution in [2.75, 3.05) is 13.1 Å². The summed E-state index contributed by atoms with van der Waals surface area (Å²) in [5.74, 6) is 0.197. The van der Waals surface area contributed by atoms with Gasteiger partial charge in [-0.25, -0.2) is 0 Å². The molecule has 25 heavy (non-hydrogen) atoms. The molecule has 0 spiro atoms. The molecule has 0 aromatic heterocycles. The zero-order valence-corrected chi connectivity index (χ0v) is 15.6. The van der Waals surface area contributed by atoms with Crippen molar-refractivity contribution in [1.29, 1.82) is 0 Å². The summed E-state index contributed by atoms with van der Waals surface area (Å²) in [5.41, 5.74) is 2.10. The molecule has 0 saturated carbocycles. The fraction of sp³-hybridized carbons (Fsp3) is 0.350. The Morgan fingerprint density at radius 3 is 2.12 bits per heavy atom. The summed E-state index contributed by atoms with van der Waals surface area (Å²) in [6, 6.07) is 15.5. The van der Waals surface area contributed by atoms with Crippen LogP contribution in [0.2, 0.25) is 10.0 Å². The summed E-state index contributed by atoms with van der Waals surface area (Å²) < 4.78 is 0. The fourth-order valence-electron chi connectivity index (χ4n) is 3.19. The van der Waals surface area contributed by atoms with Crippen LogP contribution in [0.4, 0.5) is 0 Å². The van der Waals surface area contributed by atoms with Gasteiger partial charge in [-0.2, -0.15) is 0 Å². The third-order valence-electron chi connectivity index (χ3n) is 4.72. The van der Waals surface area contributed by atoms with Gasteiger partial charge in [0.15, 0.2) is 0 Å². The highest BCUT2D eigenvalue weighted by atomic mass is 35.5. The molecule has 1 N–H and O–H groups in total. The third kappa shape index (κ3) is 4.97. The number of piperidine rings is 1. The number of rotatable bonds is 5. The number of amides is 1. The van der Waals surface area contributed by atoms with E-state index in [1.54, 1.807) is 0 Å². The molecule has 1 aliphatic heterocycles. The van der Waals surface area contributed by atoms with E-state index in [2.05, 4.69) is 16.3 Å². The zero-order chi connectivity index (χ0) is 17.6. The standard InChI is InChI=1S/C20H22Cl2N2O/c21-18-7-3-1-5-16(18)13-23-20(25)15-9-11-24(12-10-15)14-17-6-2-4-8-19(17)22/h1-8,15H,9-14H2,(H,23,25). The first-order valence-electron chi connectivity index (χ1n) is 8.60. The van der Waals surface area contributed by atoms with E-state index in [4.69, 9.17) is 23.2 Å². The molecule has 1 heterocycles. The van der Waals surface area contributed by atoms with E-state index >= 15 is 0 Å².